The van der Waals surface area contributed by atoms with Gasteiger partial charge in [-0.2, -0.15) is 0 Å². The van der Waals surface area contributed by atoms with Gasteiger partial charge in [0.2, 0.25) is 0 Å². The van der Waals surface area contributed by atoms with Crippen molar-refractivity contribution in [3.8, 4) is 0 Å². The number of piperazine rings is 1. The van der Waals surface area contributed by atoms with E-state index in [4.69, 9.17) is 4.42 Å². The molecular formula is C29H27N6O4+. The maximum absolute atomic E-state index is 14.3. The van der Waals surface area contributed by atoms with Crippen molar-refractivity contribution in [1.82, 2.24) is 24.6 Å². The summed E-state index contributed by atoms with van der Waals surface area (Å²) < 4.78 is 5.81. The van der Waals surface area contributed by atoms with Crippen molar-refractivity contribution in [2.75, 3.05) is 46.3 Å². The highest BCUT2D eigenvalue weighted by Crippen LogP contribution is 2.46. The molecule has 1 N–H and O–H groups in total. The van der Waals surface area contributed by atoms with E-state index in [0.29, 0.717) is 42.9 Å². The van der Waals surface area contributed by atoms with Gasteiger partial charge in [0.15, 0.2) is 5.69 Å². The molecule has 1 fully saturated rings. The second kappa shape index (κ2) is 8.82. The molecule has 1 aromatic carbocycles. The fourth-order valence-electron chi connectivity index (χ4n) is 6.28. The lowest BCUT2D eigenvalue weighted by Gasteiger charge is -2.39. The molecule has 10 nitrogen and oxygen atoms in total. The third kappa shape index (κ3) is 3.52. The Morgan fingerprint density at radius 2 is 1.85 bits per heavy atom. The summed E-state index contributed by atoms with van der Waals surface area (Å²) in [6.45, 7) is 4.02. The zero-order valence-corrected chi connectivity index (χ0v) is 21.5. The van der Waals surface area contributed by atoms with Gasteiger partial charge in [-0.25, -0.2) is 9.28 Å². The molecule has 2 aromatic heterocycles. The van der Waals surface area contributed by atoms with Crippen molar-refractivity contribution in [3.05, 3.63) is 71.4 Å². The predicted octanol–water partition coefficient (Wildman–Crippen LogP) is 2.59. The van der Waals surface area contributed by atoms with Gasteiger partial charge in [-0.05, 0) is 19.2 Å². The van der Waals surface area contributed by atoms with Crippen molar-refractivity contribution in [3.63, 3.8) is 0 Å². The van der Waals surface area contributed by atoms with Crippen LogP contribution in [0.15, 0.2) is 64.1 Å². The summed E-state index contributed by atoms with van der Waals surface area (Å²) in [4.78, 5) is 53.9. The van der Waals surface area contributed by atoms with Crippen LogP contribution in [0.25, 0.3) is 22.1 Å². The van der Waals surface area contributed by atoms with E-state index < -0.39 is 11.8 Å². The zero-order chi connectivity index (χ0) is 26.7. The van der Waals surface area contributed by atoms with Gasteiger partial charge in [0.25, 0.3) is 11.8 Å². The number of hydrogen-bond donors (Lipinski definition) is 1. The molecule has 0 spiro atoms. The highest BCUT2D eigenvalue weighted by atomic mass is 16.3. The summed E-state index contributed by atoms with van der Waals surface area (Å²) in [5.41, 5.74) is 4.49. The molecule has 7 rings (SSSR count). The van der Waals surface area contributed by atoms with Crippen molar-refractivity contribution >= 4 is 51.9 Å². The topological polar surface area (TPSA) is 108 Å². The third-order valence-electron chi connectivity index (χ3n) is 8.27. The minimum absolute atomic E-state index is 0.0488. The molecular weight excluding hydrogens is 496 g/mol. The molecule has 196 valence electrons. The zero-order valence-electron chi connectivity index (χ0n) is 21.5. The van der Waals surface area contributed by atoms with Crippen LogP contribution in [0.3, 0.4) is 0 Å². The second-order valence-electron chi connectivity index (χ2n) is 10.4. The van der Waals surface area contributed by atoms with Crippen LogP contribution in [0.5, 0.6) is 0 Å². The number of benzene rings is 1. The SMILES string of the molecule is CN1CCN(C(=O)[N+]23CC=NC=C(C4=C(c5cncc6ccoc56)C(=O)NC4=O)c4cccc(c42)CC3)CC1. The Hall–Kier alpha value is -4.41. The quantitative estimate of drug-likeness (QED) is 0.409. The number of furan rings is 1. The first-order valence-corrected chi connectivity index (χ1v) is 13.1. The molecule has 39 heavy (non-hydrogen) atoms. The highest BCUT2D eigenvalue weighted by Gasteiger charge is 2.50. The van der Waals surface area contributed by atoms with Gasteiger partial charge in [-0.3, -0.25) is 29.8 Å². The average molecular weight is 524 g/mol. The molecule has 4 aliphatic rings. The van der Waals surface area contributed by atoms with Crippen LogP contribution in [-0.4, -0.2) is 85.2 Å². The van der Waals surface area contributed by atoms with Crippen LogP contribution >= 0.6 is 0 Å². The van der Waals surface area contributed by atoms with Crippen LogP contribution in [0.2, 0.25) is 0 Å². The lowest BCUT2D eigenvalue weighted by atomic mass is 9.90. The molecule has 0 saturated carbocycles. The molecule has 4 aliphatic heterocycles. The standard InChI is InChI=1S/C29H26N6O4/c1-33-8-10-34(11-9-33)29(38)35-12-5-18-3-2-4-20(25(18)35)21(16-30-7-13-35)23-24(28(37)32-27(23)36)22-17-31-15-19-6-14-39-26(19)22/h2-4,6-7,14-17H,5,8-13H2,1H3/p+1. The summed E-state index contributed by atoms with van der Waals surface area (Å²) in [6, 6.07) is 7.73. The van der Waals surface area contributed by atoms with E-state index in [1.807, 2.05) is 17.0 Å². The smallest absolute Gasteiger partial charge is 0.424 e. The lowest BCUT2D eigenvalue weighted by molar-refractivity contribution is -0.123. The Bertz CT molecular complexity index is 1660. The molecule has 0 bridgehead atoms. The Kier molecular flexibility index (Phi) is 5.36. The number of carbonyl (C=O) groups excluding carboxylic acids is 3. The first kappa shape index (κ1) is 23.7. The fourth-order valence-corrected chi connectivity index (χ4v) is 6.28. The van der Waals surface area contributed by atoms with Gasteiger partial charge in [0.05, 0.1) is 30.2 Å². The monoisotopic (exact) mass is 523 g/mol. The first-order chi connectivity index (χ1) is 19.0. The molecule has 3 aromatic rings. The van der Waals surface area contributed by atoms with Gasteiger partial charge < -0.3 is 9.32 Å². The number of quaternary nitrogens is 1. The molecule has 10 heteroatoms. The number of nitrogens with zero attached hydrogens (tertiary/aromatic N) is 5. The van der Waals surface area contributed by atoms with Gasteiger partial charge in [-0.1, -0.05) is 12.1 Å². The van der Waals surface area contributed by atoms with E-state index in [1.165, 1.54) is 6.26 Å². The number of amides is 4. The van der Waals surface area contributed by atoms with Crippen LogP contribution < -0.4 is 9.80 Å². The number of fused-ring (bicyclic) bond motifs is 1. The number of aromatic nitrogens is 1. The van der Waals surface area contributed by atoms with Crippen LogP contribution in [0.4, 0.5) is 10.5 Å². The minimum atomic E-state index is -0.519. The summed E-state index contributed by atoms with van der Waals surface area (Å²) in [7, 11) is 2.06. The Morgan fingerprint density at radius 1 is 1.03 bits per heavy atom. The molecule has 4 amide bonds. The van der Waals surface area contributed by atoms with Gasteiger partial charge in [-0.15, -0.1) is 0 Å². The van der Waals surface area contributed by atoms with Crippen molar-refractivity contribution in [2.24, 2.45) is 4.99 Å². The van der Waals surface area contributed by atoms with Gasteiger partial charge >= 0.3 is 6.03 Å². The number of aliphatic imine (C=N–C) groups is 1. The van der Waals surface area contributed by atoms with E-state index in [-0.39, 0.29) is 21.7 Å². The average Bonchev–Trinajstić information content (AvgIpc) is 3.64. The summed E-state index contributed by atoms with van der Waals surface area (Å²) in [6.07, 6.45) is 8.84. The molecule has 0 radical (unpaired) electrons. The van der Waals surface area contributed by atoms with Crippen molar-refractivity contribution in [1.29, 1.82) is 0 Å². The van der Waals surface area contributed by atoms with E-state index in [2.05, 4.69) is 33.3 Å². The van der Waals surface area contributed by atoms with Crippen LogP contribution in [0.1, 0.15) is 16.7 Å². The van der Waals surface area contributed by atoms with Crippen LogP contribution in [-0.2, 0) is 16.0 Å². The number of carbonyl (C=O) groups is 3. The number of rotatable bonds is 2. The molecule has 6 heterocycles. The summed E-state index contributed by atoms with van der Waals surface area (Å²) >= 11 is 0. The Labute approximate surface area is 224 Å². The fraction of sp³-hybridized carbons (Fsp3) is 0.276. The maximum Gasteiger partial charge on any atom is 0.424 e. The molecule has 1 atom stereocenters. The number of nitrogens with one attached hydrogen (secondary N) is 1. The number of hydrogen-bond acceptors (Lipinski definition) is 7. The van der Waals surface area contributed by atoms with Crippen molar-refractivity contribution < 1.29 is 18.8 Å². The summed E-state index contributed by atoms with van der Waals surface area (Å²) in [5, 5.41) is 3.19. The van der Waals surface area contributed by atoms with Crippen molar-refractivity contribution in [2.45, 2.75) is 6.42 Å². The normalized spacial score (nSPS) is 23.1. The largest absolute Gasteiger partial charge is 0.464 e. The van der Waals surface area contributed by atoms with E-state index in [1.54, 1.807) is 30.9 Å². The van der Waals surface area contributed by atoms with Gasteiger partial charge in [0.1, 0.15) is 12.1 Å². The lowest BCUT2D eigenvalue weighted by Crippen LogP contribution is -2.62. The number of likely N-dealkylation sites (N-methyl/N-ethyl adjacent to an activating group) is 1. The Balaban J connectivity index is 1.43. The Morgan fingerprint density at radius 3 is 2.69 bits per heavy atom. The number of urea groups is 1. The molecule has 1 saturated heterocycles. The van der Waals surface area contributed by atoms with E-state index in [9.17, 15) is 14.4 Å². The maximum atomic E-state index is 14.3. The van der Waals surface area contributed by atoms with Gasteiger partial charge in [0, 0.05) is 78.8 Å². The third-order valence-corrected chi connectivity index (χ3v) is 8.27. The number of imide groups is 1. The number of para-hydroxylation sites is 1. The summed E-state index contributed by atoms with van der Waals surface area (Å²) in [5.74, 6) is -1.03. The van der Waals surface area contributed by atoms with E-state index >= 15 is 0 Å². The minimum Gasteiger partial charge on any atom is -0.464 e. The first-order valence-electron chi connectivity index (χ1n) is 13.1. The molecule has 0 aliphatic carbocycles. The highest BCUT2D eigenvalue weighted by molar-refractivity contribution is 6.41. The van der Waals surface area contributed by atoms with E-state index in [0.717, 1.165) is 41.7 Å². The second-order valence-corrected chi connectivity index (χ2v) is 10.4. The molecule has 1 unspecified atom stereocenters. The predicted molar refractivity (Wildman–Crippen MR) is 147 cm³/mol. The number of pyridine rings is 1. The van der Waals surface area contributed by atoms with Crippen LogP contribution in [0, 0.1) is 0 Å².